The topological polar surface area (TPSA) is 79.8 Å². The molecule has 1 amide bonds. The molecule has 0 spiro atoms. The first-order valence-electron chi connectivity index (χ1n) is 10.8. The van der Waals surface area contributed by atoms with E-state index in [1.54, 1.807) is 19.4 Å². The summed E-state index contributed by atoms with van der Waals surface area (Å²) < 4.78 is 0. The zero-order valence-corrected chi connectivity index (χ0v) is 18.9. The number of rotatable bonds is 6. The number of anilines is 2. The summed E-state index contributed by atoms with van der Waals surface area (Å²) >= 11 is 0. The van der Waals surface area contributed by atoms with Crippen LogP contribution in [0.3, 0.4) is 0 Å². The van der Waals surface area contributed by atoms with Crippen LogP contribution in [-0.2, 0) is 6.42 Å². The van der Waals surface area contributed by atoms with Crippen molar-refractivity contribution < 1.29 is 4.79 Å². The van der Waals surface area contributed by atoms with E-state index in [0.717, 1.165) is 40.6 Å². The van der Waals surface area contributed by atoms with Crippen LogP contribution in [0, 0.1) is 13.8 Å². The summed E-state index contributed by atoms with van der Waals surface area (Å²) in [6.45, 7) is 6.28. The van der Waals surface area contributed by atoms with Gasteiger partial charge >= 0.3 is 0 Å². The van der Waals surface area contributed by atoms with Crippen molar-refractivity contribution in [2.45, 2.75) is 33.6 Å². The predicted octanol–water partition coefficient (Wildman–Crippen LogP) is 5.56. The van der Waals surface area contributed by atoms with Crippen LogP contribution in [0.5, 0.6) is 0 Å². The van der Waals surface area contributed by atoms with Gasteiger partial charge in [0.25, 0.3) is 5.91 Å². The average molecular weight is 426 g/mol. The number of nitrogens with zero attached hydrogens (tertiary/aromatic N) is 3. The molecular formula is C26H27N5O. The molecule has 0 atom stereocenters. The fraction of sp³-hybridized carbons (Fsp3) is 0.231. The van der Waals surface area contributed by atoms with E-state index in [1.807, 2.05) is 43.3 Å². The minimum Gasteiger partial charge on any atom is -0.357 e. The van der Waals surface area contributed by atoms with E-state index < -0.39 is 0 Å². The molecule has 4 aromatic rings. The molecule has 32 heavy (non-hydrogen) atoms. The van der Waals surface area contributed by atoms with Gasteiger partial charge in [-0.15, -0.1) is 0 Å². The highest BCUT2D eigenvalue weighted by Gasteiger charge is 2.12. The van der Waals surface area contributed by atoms with E-state index >= 15 is 0 Å². The number of aromatic nitrogens is 3. The molecule has 0 radical (unpaired) electrons. The Morgan fingerprint density at radius 2 is 1.81 bits per heavy atom. The fourth-order valence-corrected chi connectivity index (χ4v) is 3.79. The maximum absolute atomic E-state index is 13.0. The number of pyridine rings is 1. The third kappa shape index (κ3) is 4.44. The van der Waals surface area contributed by atoms with E-state index in [-0.39, 0.29) is 5.91 Å². The predicted molar refractivity (Wildman–Crippen MR) is 130 cm³/mol. The minimum atomic E-state index is -0.135. The Morgan fingerprint density at radius 3 is 2.56 bits per heavy atom. The van der Waals surface area contributed by atoms with E-state index in [9.17, 15) is 4.79 Å². The number of fused-ring (bicyclic) bond motifs is 1. The van der Waals surface area contributed by atoms with Gasteiger partial charge in [-0.25, -0.2) is 9.97 Å². The number of amides is 1. The van der Waals surface area contributed by atoms with Gasteiger partial charge in [0, 0.05) is 41.6 Å². The quantitative estimate of drug-likeness (QED) is 0.423. The molecule has 2 N–H and O–H groups in total. The first-order chi connectivity index (χ1) is 15.5. The number of carbonyl (C=O) groups excluding carboxylic acids is 1. The number of nitrogens with one attached hydrogen (secondary N) is 2. The van der Waals surface area contributed by atoms with Gasteiger partial charge in [0.15, 0.2) is 5.65 Å². The highest BCUT2D eigenvalue weighted by molar-refractivity contribution is 6.05. The minimum absolute atomic E-state index is 0.135. The largest absolute Gasteiger partial charge is 0.357 e. The summed E-state index contributed by atoms with van der Waals surface area (Å²) in [6, 6.07) is 13.8. The van der Waals surface area contributed by atoms with Crippen LogP contribution in [-0.4, -0.2) is 27.9 Å². The van der Waals surface area contributed by atoms with Gasteiger partial charge in [-0.1, -0.05) is 25.5 Å². The number of aryl methyl sites for hydroxylation is 3. The van der Waals surface area contributed by atoms with Crippen molar-refractivity contribution in [3.05, 3.63) is 77.1 Å². The van der Waals surface area contributed by atoms with E-state index in [1.165, 1.54) is 11.1 Å². The zero-order valence-electron chi connectivity index (χ0n) is 18.9. The summed E-state index contributed by atoms with van der Waals surface area (Å²) in [6.07, 6.45) is 5.68. The molecule has 162 valence electrons. The molecule has 2 heterocycles. The monoisotopic (exact) mass is 425 g/mol. The summed E-state index contributed by atoms with van der Waals surface area (Å²) in [5, 5.41) is 6.79. The standard InChI is InChI=1S/C26H27N5O/c1-5-6-18-9-10-22(11-17(18)3)30-25(32)19-8-7-16(2)23(13-19)20-12-21-15-29-26(27-4)31-24(21)28-14-20/h7-15H,5-6H2,1-4H3,(H,30,32)(H,27,28,29,31). The second kappa shape index (κ2) is 9.14. The lowest BCUT2D eigenvalue weighted by Crippen LogP contribution is -2.12. The maximum Gasteiger partial charge on any atom is 0.255 e. The Hall–Kier alpha value is -3.80. The maximum atomic E-state index is 13.0. The molecule has 6 heteroatoms. The van der Waals surface area contributed by atoms with Gasteiger partial charge < -0.3 is 10.6 Å². The van der Waals surface area contributed by atoms with Crippen LogP contribution in [0.15, 0.2) is 54.9 Å². The van der Waals surface area contributed by atoms with Gasteiger partial charge in [0.1, 0.15) is 0 Å². The number of hydrogen-bond acceptors (Lipinski definition) is 5. The van der Waals surface area contributed by atoms with Gasteiger partial charge in [-0.05, 0) is 72.9 Å². The van der Waals surface area contributed by atoms with Crippen LogP contribution in [0.2, 0.25) is 0 Å². The summed E-state index contributed by atoms with van der Waals surface area (Å²) in [4.78, 5) is 26.1. The molecule has 2 aromatic carbocycles. The lowest BCUT2D eigenvalue weighted by Gasteiger charge is -2.12. The van der Waals surface area contributed by atoms with E-state index in [4.69, 9.17) is 0 Å². The summed E-state index contributed by atoms with van der Waals surface area (Å²) in [5.74, 6) is 0.398. The Labute approximate surface area is 188 Å². The number of benzene rings is 2. The Morgan fingerprint density at radius 1 is 0.969 bits per heavy atom. The second-order valence-corrected chi connectivity index (χ2v) is 7.96. The molecular weight excluding hydrogens is 398 g/mol. The normalized spacial score (nSPS) is 10.9. The lowest BCUT2D eigenvalue weighted by molar-refractivity contribution is 0.102. The van der Waals surface area contributed by atoms with Crippen LogP contribution >= 0.6 is 0 Å². The van der Waals surface area contributed by atoms with Crippen LogP contribution in [0.1, 0.15) is 40.4 Å². The fourth-order valence-electron chi connectivity index (χ4n) is 3.79. The molecule has 6 nitrogen and oxygen atoms in total. The van der Waals surface area contributed by atoms with Crippen LogP contribution in [0.25, 0.3) is 22.2 Å². The van der Waals surface area contributed by atoms with Crippen LogP contribution < -0.4 is 10.6 Å². The number of hydrogen-bond donors (Lipinski definition) is 2. The van der Waals surface area contributed by atoms with Crippen molar-refractivity contribution in [1.29, 1.82) is 0 Å². The third-order valence-corrected chi connectivity index (χ3v) is 5.59. The molecule has 2 aromatic heterocycles. The van der Waals surface area contributed by atoms with Crippen molar-refractivity contribution in [1.82, 2.24) is 15.0 Å². The van der Waals surface area contributed by atoms with Crippen molar-refractivity contribution in [3.63, 3.8) is 0 Å². The average Bonchev–Trinajstić information content (AvgIpc) is 2.80. The molecule has 0 bridgehead atoms. The van der Waals surface area contributed by atoms with Gasteiger partial charge in [0.05, 0.1) is 0 Å². The lowest BCUT2D eigenvalue weighted by atomic mass is 9.98. The molecule has 0 aliphatic rings. The summed E-state index contributed by atoms with van der Waals surface area (Å²) in [5.41, 5.74) is 7.49. The Bertz CT molecular complexity index is 1300. The second-order valence-electron chi connectivity index (χ2n) is 7.96. The van der Waals surface area contributed by atoms with Crippen LogP contribution in [0.4, 0.5) is 11.6 Å². The van der Waals surface area contributed by atoms with Gasteiger partial charge in [-0.2, -0.15) is 4.98 Å². The van der Waals surface area contributed by atoms with Crippen molar-refractivity contribution in [2.75, 3.05) is 17.7 Å². The molecule has 0 saturated carbocycles. The summed E-state index contributed by atoms with van der Waals surface area (Å²) in [7, 11) is 1.77. The molecule has 0 aliphatic carbocycles. The molecule has 0 saturated heterocycles. The van der Waals surface area contributed by atoms with Crippen molar-refractivity contribution in [2.24, 2.45) is 0 Å². The SMILES string of the molecule is CCCc1ccc(NC(=O)c2ccc(C)c(-c3cnc4nc(NC)ncc4c3)c2)cc1C. The Balaban J connectivity index is 1.61. The molecule has 0 unspecified atom stereocenters. The van der Waals surface area contributed by atoms with E-state index in [0.29, 0.717) is 17.2 Å². The smallest absolute Gasteiger partial charge is 0.255 e. The molecule has 0 aliphatic heterocycles. The van der Waals surface area contributed by atoms with Gasteiger partial charge in [-0.3, -0.25) is 4.79 Å². The Kier molecular flexibility index (Phi) is 6.12. The molecule has 0 fully saturated rings. The third-order valence-electron chi connectivity index (χ3n) is 5.59. The first-order valence-corrected chi connectivity index (χ1v) is 10.8. The van der Waals surface area contributed by atoms with Crippen molar-refractivity contribution >= 4 is 28.6 Å². The van der Waals surface area contributed by atoms with Crippen molar-refractivity contribution in [3.8, 4) is 11.1 Å². The highest BCUT2D eigenvalue weighted by atomic mass is 16.1. The van der Waals surface area contributed by atoms with E-state index in [2.05, 4.69) is 45.5 Å². The number of carbonyl (C=O) groups is 1. The zero-order chi connectivity index (χ0) is 22.7. The highest BCUT2D eigenvalue weighted by Crippen LogP contribution is 2.27. The van der Waals surface area contributed by atoms with Gasteiger partial charge in [0.2, 0.25) is 5.95 Å². The first kappa shape index (κ1) is 21.4. The molecule has 4 rings (SSSR count).